The molecule has 7 nitrogen and oxygen atoms in total. The maximum Gasteiger partial charge on any atom is 0.228 e. The van der Waals surface area contributed by atoms with Crippen molar-refractivity contribution in [2.75, 3.05) is 31.6 Å². The van der Waals surface area contributed by atoms with Crippen molar-refractivity contribution in [2.24, 2.45) is 0 Å². The molecule has 2 N–H and O–H groups in total. The monoisotopic (exact) mass is 302 g/mol. The largest absolute Gasteiger partial charge is 0.481 e. The fourth-order valence-corrected chi connectivity index (χ4v) is 2.71. The highest BCUT2D eigenvalue weighted by Gasteiger charge is 2.20. The Morgan fingerprint density at radius 3 is 3.00 bits per heavy atom. The second kappa shape index (κ2) is 7.22. The molecule has 3 heterocycles. The third kappa shape index (κ3) is 3.73. The Hall–Kier alpha value is -2.15. The first kappa shape index (κ1) is 14.8. The zero-order chi connectivity index (χ0) is 15.2. The van der Waals surface area contributed by atoms with Crippen LogP contribution in [-0.4, -0.2) is 52.7 Å². The summed E-state index contributed by atoms with van der Waals surface area (Å²) in [6.07, 6.45) is 8.54. The van der Waals surface area contributed by atoms with Crippen molar-refractivity contribution >= 4 is 5.95 Å². The number of hydrogen-bond donors (Lipinski definition) is 2. The summed E-state index contributed by atoms with van der Waals surface area (Å²) in [5.74, 6) is 1.38. The molecule has 0 unspecified atom stereocenters. The highest BCUT2D eigenvalue weighted by Crippen LogP contribution is 2.18. The molecular weight excluding hydrogens is 280 g/mol. The van der Waals surface area contributed by atoms with E-state index in [2.05, 4.69) is 30.2 Å². The first-order valence-corrected chi connectivity index (χ1v) is 7.68. The van der Waals surface area contributed by atoms with Crippen molar-refractivity contribution in [3.63, 3.8) is 0 Å². The molecule has 1 aliphatic rings. The third-order valence-corrected chi connectivity index (χ3v) is 3.99. The second-order valence-electron chi connectivity index (χ2n) is 5.44. The Morgan fingerprint density at radius 1 is 1.41 bits per heavy atom. The molecule has 0 saturated carbocycles. The average Bonchev–Trinajstić information content (AvgIpc) is 3.09. The van der Waals surface area contributed by atoms with Gasteiger partial charge in [0, 0.05) is 56.3 Å². The molecule has 1 saturated heterocycles. The number of aromatic amines is 1. The van der Waals surface area contributed by atoms with Crippen molar-refractivity contribution in [1.82, 2.24) is 25.3 Å². The van der Waals surface area contributed by atoms with Gasteiger partial charge in [-0.3, -0.25) is 0 Å². The molecule has 0 aromatic carbocycles. The van der Waals surface area contributed by atoms with Gasteiger partial charge in [-0.25, -0.2) is 9.97 Å². The summed E-state index contributed by atoms with van der Waals surface area (Å²) in [4.78, 5) is 18.1. The van der Waals surface area contributed by atoms with Crippen LogP contribution in [0.4, 0.5) is 5.95 Å². The summed E-state index contributed by atoms with van der Waals surface area (Å²) in [5, 5.41) is 3.61. The van der Waals surface area contributed by atoms with Gasteiger partial charge in [0.15, 0.2) is 0 Å². The van der Waals surface area contributed by atoms with Gasteiger partial charge in [-0.15, -0.1) is 0 Å². The zero-order valence-corrected chi connectivity index (χ0v) is 12.8. The summed E-state index contributed by atoms with van der Waals surface area (Å²) in [6, 6.07) is 2.33. The van der Waals surface area contributed by atoms with Crippen LogP contribution in [0.2, 0.25) is 0 Å². The van der Waals surface area contributed by atoms with Crippen LogP contribution in [-0.2, 0) is 6.42 Å². The number of H-pyrrole nitrogens is 1. The maximum atomic E-state index is 5.16. The predicted molar refractivity (Wildman–Crippen MR) is 84.1 cm³/mol. The molecular formula is C15H22N6O. The number of rotatable bonds is 6. The van der Waals surface area contributed by atoms with Gasteiger partial charge >= 0.3 is 0 Å². The number of nitrogens with one attached hydrogen (secondary N) is 2. The third-order valence-electron chi connectivity index (χ3n) is 3.99. The van der Waals surface area contributed by atoms with Crippen molar-refractivity contribution in [1.29, 1.82) is 0 Å². The fraction of sp³-hybridized carbons (Fsp3) is 0.533. The molecule has 7 heteroatoms. The van der Waals surface area contributed by atoms with Crippen molar-refractivity contribution in [3.8, 4) is 5.88 Å². The smallest absolute Gasteiger partial charge is 0.228 e. The average molecular weight is 302 g/mol. The molecule has 0 amide bonds. The number of methoxy groups -OCH3 is 1. The Bertz CT molecular complexity index is 565. The normalized spacial score (nSPS) is 16.0. The van der Waals surface area contributed by atoms with E-state index in [1.807, 2.05) is 6.20 Å². The Morgan fingerprint density at radius 2 is 2.27 bits per heavy atom. The highest BCUT2D eigenvalue weighted by atomic mass is 16.5. The number of ether oxygens (including phenoxy) is 1. The lowest BCUT2D eigenvalue weighted by Crippen LogP contribution is -2.43. The van der Waals surface area contributed by atoms with Crippen LogP contribution in [0.5, 0.6) is 5.88 Å². The van der Waals surface area contributed by atoms with Gasteiger partial charge in [0.2, 0.25) is 11.8 Å². The van der Waals surface area contributed by atoms with Gasteiger partial charge < -0.3 is 19.9 Å². The van der Waals surface area contributed by atoms with E-state index < -0.39 is 0 Å². The van der Waals surface area contributed by atoms with E-state index in [-0.39, 0.29) is 0 Å². The minimum atomic E-state index is 0.560. The molecule has 1 fully saturated rings. The number of hydrogen-bond acceptors (Lipinski definition) is 6. The Kier molecular flexibility index (Phi) is 4.85. The first-order valence-electron chi connectivity index (χ1n) is 7.68. The van der Waals surface area contributed by atoms with Crippen LogP contribution < -0.4 is 15.0 Å². The lowest BCUT2D eigenvalue weighted by molar-refractivity contribution is 0.392. The predicted octanol–water partition coefficient (Wildman–Crippen LogP) is 1.01. The van der Waals surface area contributed by atoms with Gasteiger partial charge in [0.05, 0.1) is 13.4 Å². The van der Waals surface area contributed by atoms with Crippen LogP contribution in [0.1, 0.15) is 18.5 Å². The Labute approximate surface area is 130 Å². The van der Waals surface area contributed by atoms with E-state index >= 15 is 0 Å². The molecule has 22 heavy (non-hydrogen) atoms. The van der Waals surface area contributed by atoms with Gasteiger partial charge in [-0.05, 0) is 12.8 Å². The zero-order valence-electron chi connectivity index (χ0n) is 12.8. The number of aromatic nitrogens is 4. The molecule has 0 bridgehead atoms. The van der Waals surface area contributed by atoms with Crippen molar-refractivity contribution < 1.29 is 4.74 Å². The number of imidazole rings is 1. The topological polar surface area (TPSA) is 79.0 Å². The van der Waals surface area contributed by atoms with Crippen LogP contribution >= 0.6 is 0 Å². The van der Waals surface area contributed by atoms with Gasteiger partial charge in [-0.2, -0.15) is 4.98 Å². The number of nitrogens with zero attached hydrogens (tertiary/aromatic N) is 4. The molecule has 118 valence electrons. The lowest BCUT2D eigenvalue weighted by Gasteiger charge is -2.32. The summed E-state index contributed by atoms with van der Waals surface area (Å²) in [6.45, 7) is 2.91. The molecule has 2 aromatic heterocycles. The van der Waals surface area contributed by atoms with E-state index in [1.54, 1.807) is 25.7 Å². The van der Waals surface area contributed by atoms with Gasteiger partial charge in [-0.1, -0.05) is 0 Å². The van der Waals surface area contributed by atoms with Crippen LogP contribution in [0, 0.1) is 0 Å². The molecule has 3 rings (SSSR count). The van der Waals surface area contributed by atoms with Crippen LogP contribution in [0.3, 0.4) is 0 Å². The van der Waals surface area contributed by atoms with E-state index in [9.17, 15) is 0 Å². The highest BCUT2D eigenvalue weighted by molar-refractivity contribution is 5.32. The molecule has 0 atom stereocenters. The molecule has 1 aliphatic heterocycles. The van der Waals surface area contributed by atoms with E-state index in [4.69, 9.17) is 4.74 Å². The molecule has 2 aromatic rings. The number of anilines is 1. The Balaban J connectivity index is 1.43. The summed E-state index contributed by atoms with van der Waals surface area (Å²) >= 11 is 0. The SMILES string of the molecule is COc1ccnc(N2CCC(NCCc3cnc[nH]3)CC2)n1. The van der Waals surface area contributed by atoms with E-state index in [0.29, 0.717) is 11.9 Å². The summed E-state index contributed by atoms with van der Waals surface area (Å²) in [7, 11) is 1.63. The molecule has 0 aliphatic carbocycles. The maximum absolute atomic E-state index is 5.16. The first-order chi connectivity index (χ1) is 10.8. The van der Waals surface area contributed by atoms with Crippen molar-refractivity contribution in [2.45, 2.75) is 25.3 Å². The van der Waals surface area contributed by atoms with E-state index in [0.717, 1.165) is 44.8 Å². The molecule has 0 radical (unpaired) electrons. The quantitative estimate of drug-likeness (QED) is 0.829. The number of piperidine rings is 1. The minimum absolute atomic E-state index is 0.560. The van der Waals surface area contributed by atoms with Crippen molar-refractivity contribution in [3.05, 3.63) is 30.5 Å². The lowest BCUT2D eigenvalue weighted by atomic mass is 10.1. The van der Waals surface area contributed by atoms with Crippen LogP contribution in [0.15, 0.2) is 24.8 Å². The van der Waals surface area contributed by atoms with Crippen LogP contribution in [0.25, 0.3) is 0 Å². The standard InChI is InChI=1S/C15H22N6O/c1-22-14-3-7-18-15(20-14)21-8-4-12(5-9-21)17-6-2-13-10-16-11-19-13/h3,7,10-12,17H,2,4-6,8-9H2,1H3,(H,16,19). The summed E-state index contributed by atoms with van der Waals surface area (Å²) in [5.41, 5.74) is 1.18. The van der Waals surface area contributed by atoms with E-state index in [1.165, 1.54) is 5.69 Å². The second-order valence-corrected chi connectivity index (χ2v) is 5.44. The molecule has 0 spiro atoms. The minimum Gasteiger partial charge on any atom is -0.481 e. The fourth-order valence-electron chi connectivity index (χ4n) is 2.71. The summed E-state index contributed by atoms with van der Waals surface area (Å²) < 4.78 is 5.16. The van der Waals surface area contributed by atoms with Gasteiger partial charge in [0.1, 0.15) is 0 Å². The van der Waals surface area contributed by atoms with Gasteiger partial charge in [0.25, 0.3) is 0 Å².